The van der Waals surface area contributed by atoms with Crippen LogP contribution in [0.1, 0.15) is 63.1 Å². The van der Waals surface area contributed by atoms with Crippen molar-refractivity contribution in [1.29, 1.82) is 0 Å². The second-order valence-electron chi connectivity index (χ2n) is 9.18. The molecule has 0 atom stereocenters. The first-order valence-corrected chi connectivity index (χ1v) is 12.2. The van der Waals surface area contributed by atoms with E-state index in [1.54, 1.807) is 0 Å². The fraction of sp³-hybridized carbons (Fsp3) is 0.429. The summed E-state index contributed by atoms with van der Waals surface area (Å²) >= 11 is 0. The van der Waals surface area contributed by atoms with Crippen molar-refractivity contribution >= 4 is 17.4 Å². The van der Waals surface area contributed by atoms with Gasteiger partial charge in [0.2, 0.25) is 0 Å². The molecule has 2 amide bonds. The highest BCUT2D eigenvalue weighted by Gasteiger charge is 2.41. The molecule has 0 unspecified atom stereocenters. The fourth-order valence-corrected chi connectivity index (χ4v) is 4.68. The third kappa shape index (κ3) is 4.97. The van der Waals surface area contributed by atoms with E-state index in [1.165, 1.54) is 16.0 Å². The van der Waals surface area contributed by atoms with Crippen molar-refractivity contribution in [3.63, 3.8) is 0 Å². The normalized spacial score (nSPS) is 16.1. The number of carbonyl (C=O) groups is 2. The van der Waals surface area contributed by atoms with E-state index in [0.717, 1.165) is 50.0 Å². The predicted molar refractivity (Wildman–Crippen MR) is 131 cm³/mol. The minimum atomic E-state index is -0.178. The topological polar surface area (TPSA) is 49.9 Å². The number of fused-ring (bicyclic) bond motifs is 1. The van der Waals surface area contributed by atoms with Crippen molar-refractivity contribution in [2.45, 2.75) is 65.5 Å². The van der Waals surface area contributed by atoms with Gasteiger partial charge in [0.15, 0.2) is 0 Å². The first-order chi connectivity index (χ1) is 16.0. The van der Waals surface area contributed by atoms with Crippen molar-refractivity contribution in [2.24, 2.45) is 0 Å². The van der Waals surface area contributed by atoms with Crippen molar-refractivity contribution in [2.75, 3.05) is 13.1 Å². The van der Waals surface area contributed by atoms with Crippen LogP contribution in [-0.2, 0) is 22.6 Å². The Kier molecular flexibility index (Phi) is 7.17. The molecule has 0 radical (unpaired) electrons. The number of rotatable bonds is 9. The van der Waals surface area contributed by atoms with Gasteiger partial charge in [-0.3, -0.25) is 14.5 Å². The van der Waals surface area contributed by atoms with Crippen LogP contribution in [-0.4, -0.2) is 40.8 Å². The molecule has 2 aromatic rings. The lowest BCUT2D eigenvalue weighted by Crippen LogP contribution is -2.37. The molecule has 33 heavy (non-hydrogen) atoms. The monoisotopic (exact) mass is 446 g/mol. The minimum absolute atomic E-state index is 0.0762. The zero-order chi connectivity index (χ0) is 23.4. The van der Waals surface area contributed by atoms with E-state index in [-0.39, 0.29) is 17.9 Å². The van der Waals surface area contributed by atoms with Gasteiger partial charge in [-0.1, -0.05) is 62.6 Å². The molecule has 174 valence electrons. The van der Waals surface area contributed by atoms with E-state index < -0.39 is 0 Å². The molecule has 5 heteroatoms. The number of ether oxygens (including phenoxy) is 1. The summed E-state index contributed by atoms with van der Waals surface area (Å²) in [6, 6.07) is 15.9. The molecular formula is C28H34N2O3. The van der Waals surface area contributed by atoms with Crippen LogP contribution in [0, 0.1) is 0 Å². The molecule has 0 fully saturated rings. The number of nitrogens with zero attached hydrogens (tertiary/aromatic N) is 2. The number of hydrogen-bond acceptors (Lipinski definition) is 4. The summed E-state index contributed by atoms with van der Waals surface area (Å²) < 4.78 is 5.77. The molecule has 4 rings (SSSR count). The average Bonchev–Trinajstić information content (AvgIpc) is 3.06. The third-order valence-corrected chi connectivity index (χ3v) is 6.34. The van der Waals surface area contributed by atoms with Gasteiger partial charge in [0.25, 0.3) is 11.8 Å². The number of imide groups is 1. The number of amides is 2. The van der Waals surface area contributed by atoms with Gasteiger partial charge in [-0.05, 0) is 55.5 Å². The van der Waals surface area contributed by atoms with E-state index in [4.69, 9.17) is 4.74 Å². The molecule has 0 saturated carbocycles. The Morgan fingerprint density at radius 3 is 2.33 bits per heavy atom. The Morgan fingerprint density at radius 1 is 0.909 bits per heavy atom. The molecule has 2 aromatic carbocycles. The Balaban J connectivity index is 1.66. The molecule has 0 aliphatic carbocycles. The van der Waals surface area contributed by atoms with Crippen LogP contribution in [0.25, 0.3) is 5.57 Å². The Morgan fingerprint density at radius 2 is 1.64 bits per heavy atom. The largest absolute Gasteiger partial charge is 0.491 e. The van der Waals surface area contributed by atoms with E-state index in [0.29, 0.717) is 24.4 Å². The number of benzene rings is 2. The number of carbonyl (C=O) groups excluding carboxylic acids is 2. The van der Waals surface area contributed by atoms with Gasteiger partial charge in [-0.2, -0.15) is 0 Å². The molecule has 0 bridgehead atoms. The lowest BCUT2D eigenvalue weighted by Gasteiger charge is -2.31. The van der Waals surface area contributed by atoms with Crippen molar-refractivity contribution in [1.82, 2.24) is 9.80 Å². The molecule has 0 N–H and O–H groups in total. The van der Waals surface area contributed by atoms with Crippen LogP contribution < -0.4 is 4.74 Å². The highest BCUT2D eigenvalue weighted by molar-refractivity contribution is 6.35. The van der Waals surface area contributed by atoms with Crippen LogP contribution in [0.15, 0.2) is 54.2 Å². The molecule has 0 aromatic heterocycles. The summed E-state index contributed by atoms with van der Waals surface area (Å²) in [6.45, 7) is 7.98. The van der Waals surface area contributed by atoms with Crippen molar-refractivity contribution in [3.8, 4) is 5.75 Å². The zero-order valence-electron chi connectivity index (χ0n) is 20.0. The van der Waals surface area contributed by atoms with Crippen LogP contribution in [0.2, 0.25) is 0 Å². The van der Waals surface area contributed by atoms with Crippen molar-refractivity contribution in [3.05, 3.63) is 70.9 Å². The van der Waals surface area contributed by atoms with Crippen LogP contribution in [0.4, 0.5) is 0 Å². The lowest BCUT2D eigenvalue weighted by molar-refractivity contribution is -0.137. The zero-order valence-corrected chi connectivity index (χ0v) is 20.0. The summed E-state index contributed by atoms with van der Waals surface area (Å²) in [5.41, 5.74) is 4.38. The highest BCUT2D eigenvalue weighted by atomic mass is 16.5. The third-order valence-electron chi connectivity index (χ3n) is 6.34. The van der Waals surface area contributed by atoms with Crippen LogP contribution >= 0.6 is 0 Å². The van der Waals surface area contributed by atoms with E-state index in [2.05, 4.69) is 30.0 Å². The quantitative estimate of drug-likeness (QED) is 0.393. The molecule has 0 spiro atoms. The molecule has 2 aliphatic rings. The molecular weight excluding hydrogens is 412 g/mol. The van der Waals surface area contributed by atoms with Gasteiger partial charge in [0.05, 0.1) is 11.7 Å². The first kappa shape index (κ1) is 23.1. The Labute approximate surface area is 197 Å². The second-order valence-corrected chi connectivity index (χ2v) is 9.18. The molecule has 5 nitrogen and oxygen atoms in total. The smallest absolute Gasteiger partial charge is 0.277 e. The maximum absolute atomic E-state index is 13.6. The Hall–Kier alpha value is -3.08. The maximum atomic E-state index is 13.6. The summed E-state index contributed by atoms with van der Waals surface area (Å²) in [5.74, 6) is 0.423. The van der Waals surface area contributed by atoms with Gasteiger partial charge in [0, 0.05) is 19.6 Å². The molecule has 2 heterocycles. The number of hydrogen-bond donors (Lipinski definition) is 0. The predicted octanol–water partition coefficient (Wildman–Crippen LogP) is 5.19. The summed E-state index contributed by atoms with van der Waals surface area (Å²) in [7, 11) is 0. The van der Waals surface area contributed by atoms with Gasteiger partial charge in [0.1, 0.15) is 11.4 Å². The molecule has 2 aliphatic heterocycles. The second kappa shape index (κ2) is 10.2. The number of unbranched alkanes of at least 4 members (excludes halogenated alkanes) is 3. The maximum Gasteiger partial charge on any atom is 0.277 e. The van der Waals surface area contributed by atoms with Crippen molar-refractivity contribution < 1.29 is 14.3 Å². The van der Waals surface area contributed by atoms with Crippen LogP contribution in [0.5, 0.6) is 5.75 Å². The lowest BCUT2D eigenvalue weighted by atomic mass is 9.98. The van der Waals surface area contributed by atoms with Gasteiger partial charge >= 0.3 is 0 Å². The van der Waals surface area contributed by atoms with E-state index in [9.17, 15) is 9.59 Å². The summed E-state index contributed by atoms with van der Waals surface area (Å²) in [5, 5.41) is 0. The standard InChI is InChI=1S/C28H34N2O3/c1-4-5-6-9-17-30-27(31)25(22-12-14-24(15-13-22)33-20(2)3)26(28(30)32)29-18-16-21-10-7-8-11-23(21)19-29/h7-8,10-15,20H,4-6,9,16-19H2,1-3H3. The molecule has 0 saturated heterocycles. The SMILES string of the molecule is CCCCCCN1C(=O)C(c2ccc(OC(C)C)cc2)=C(N2CCc3ccccc3C2)C1=O. The van der Waals surface area contributed by atoms with E-state index >= 15 is 0 Å². The average molecular weight is 447 g/mol. The van der Waals surface area contributed by atoms with Gasteiger partial charge < -0.3 is 9.64 Å². The Bertz CT molecular complexity index is 1040. The summed E-state index contributed by atoms with van der Waals surface area (Å²) in [6.07, 6.45) is 5.05. The highest BCUT2D eigenvalue weighted by Crippen LogP contribution is 2.35. The summed E-state index contributed by atoms with van der Waals surface area (Å²) in [4.78, 5) is 30.7. The van der Waals surface area contributed by atoms with E-state index in [1.807, 2.05) is 44.2 Å². The van der Waals surface area contributed by atoms with Gasteiger partial charge in [-0.15, -0.1) is 0 Å². The van der Waals surface area contributed by atoms with Gasteiger partial charge in [-0.25, -0.2) is 0 Å². The van der Waals surface area contributed by atoms with Crippen LogP contribution in [0.3, 0.4) is 0 Å². The minimum Gasteiger partial charge on any atom is -0.491 e. The first-order valence-electron chi connectivity index (χ1n) is 12.2. The fourth-order valence-electron chi connectivity index (χ4n) is 4.68.